The smallest absolute Gasteiger partial charge is 0.135 e. The zero-order valence-corrected chi connectivity index (χ0v) is 16.7. The van der Waals surface area contributed by atoms with E-state index >= 15 is 0 Å². The number of aromatic nitrogens is 2. The molecule has 0 saturated heterocycles. The van der Waals surface area contributed by atoms with E-state index < -0.39 is 0 Å². The highest BCUT2D eigenvalue weighted by atomic mass is 16.3. The summed E-state index contributed by atoms with van der Waals surface area (Å²) in [6.45, 7) is 0. The van der Waals surface area contributed by atoms with Crippen molar-refractivity contribution < 1.29 is 4.42 Å². The molecule has 2 heterocycles. The predicted molar refractivity (Wildman–Crippen MR) is 126 cm³/mol. The summed E-state index contributed by atoms with van der Waals surface area (Å²) in [6, 6.07) is 35.2. The van der Waals surface area contributed by atoms with E-state index in [2.05, 4.69) is 76.7 Å². The average molecular weight is 398 g/mol. The second-order valence-corrected chi connectivity index (χ2v) is 7.54. The van der Waals surface area contributed by atoms with Crippen molar-refractivity contribution in [2.45, 2.75) is 0 Å². The lowest BCUT2D eigenvalue weighted by molar-refractivity contribution is 0.669. The summed E-state index contributed by atoms with van der Waals surface area (Å²) in [5.41, 5.74) is 8.09. The van der Waals surface area contributed by atoms with Crippen LogP contribution in [0.15, 0.2) is 114 Å². The van der Waals surface area contributed by atoms with Crippen molar-refractivity contribution in [1.82, 2.24) is 9.97 Å². The van der Waals surface area contributed by atoms with Gasteiger partial charge >= 0.3 is 0 Å². The summed E-state index contributed by atoms with van der Waals surface area (Å²) in [5.74, 6) is 0. The molecule has 6 aromatic rings. The highest BCUT2D eigenvalue weighted by Crippen LogP contribution is 2.32. The number of furan rings is 1. The van der Waals surface area contributed by atoms with E-state index in [9.17, 15) is 0 Å². The van der Waals surface area contributed by atoms with Gasteiger partial charge in [0.05, 0.1) is 11.4 Å². The quantitative estimate of drug-likeness (QED) is 0.312. The van der Waals surface area contributed by atoms with Gasteiger partial charge < -0.3 is 4.42 Å². The largest absolute Gasteiger partial charge is 0.456 e. The number of fused-ring (bicyclic) bond motifs is 3. The maximum atomic E-state index is 5.95. The number of rotatable bonds is 3. The molecule has 2 aromatic heterocycles. The van der Waals surface area contributed by atoms with Gasteiger partial charge in [0.1, 0.15) is 17.5 Å². The Labute approximate surface area is 179 Å². The van der Waals surface area contributed by atoms with Gasteiger partial charge in [0.15, 0.2) is 0 Å². The molecule has 0 saturated carbocycles. The van der Waals surface area contributed by atoms with Crippen molar-refractivity contribution in [1.29, 1.82) is 0 Å². The van der Waals surface area contributed by atoms with Crippen LogP contribution in [-0.4, -0.2) is 9.97 Å². The third-order valence-corrected chi connectivity index (χ3v) is 5.63. The van der Waals surface area contributed by atoms with Crippen LogP contribution >= 0.6 is 0 Å². The van der Waals surface area contributed by atoms with Gasteiger partial charge in [-0.1, -0.05) is 72.8 Å². The Hall–Kier alpha value is -4.24. The number of para-hydroxylation sites is 1. The molecular weight excluding hydrogens is 380 g/mol. The van der Waals surface area contributed by atoms with Crippen molar-refractivity contribution >= 4 is 21.9 Å². The maximum absolute atomic E-state index is 5.95. The Bertz CT molecular complexity index is 1520. The average Bonchev–Trinajstić information content (AvgIpc) is 3.23. The summed E-state index contributed by atoms with van der Waals surface area (Å²) in [6.07, 6.45) is 1.63. The zero-order valence-electron chi connectivity index (χ0n) is 16.7. The molecule has 0 fully saturated rings. The van der Waals surface area contributed by atoms with Crippen molar-refractivity contribution in [3.63, 3.8) is 0 Å². The van der Waals surface area contributed by atoms with E-state index in [0.717, 1.165) is 44.5 Å². The van der Waals surface area contributed by atoms with E-state index in [1.165, 1.54) is 11.1 Å². The Balaban J connectivity index is 1.38. The third-order valence-electron chi connectivity index (χ3n) is 5.63. The molecule has 146 valence electrons. The molecule has 0 atom stereocenters. The first-order valence-electron chi connectivity index (χ1n) is 10.2. The molecule has 0 aliphatic rings. The Morgan fingerprint density at radius 1 is 0.452 bits per heavy atom. The van der Waals surface area contributed by atoms with Gasteiger partial charge in [-0.3, -0.25) is 0 Å². The molecule has 0 amide bonds. The van der Waals surface area contributed by atoms with Crippen molar-refractivity contribution in [2.24, 2.45) is 0 Å². The summed E-state index contributed by atoms with van der Waals surface area (Å²) in [7, 11) is 0. The first kappa shape index (κ1) is 17.6. The lowest BCUT2D eigenvalue weighted by atomic mass is 10.0. The van der Waals surface area contributed by atoms with E-state index in [0.29, 0.717) is 0 Å². The summed E-state index contributed by atoms with van der Waals surface area (Å²) >= 11 is 0. The van der Waals surface area contributed by atoms with Gasteiger partial charge in [-0.05, 0) is 41.5 Å². The molecule has 6 rings (SSSR count). The molecule has 0 aliphatic heterocycles. The fourth-order valence-corrected chi connectivity index (χ4v) is 4.02. The monoisotopic (exact) mass is 398 g/mol. The Kier molecular flexibility index (Phi) is 4.10. The molecule has 3 heteroatoms. The first-order valence-corrected chi connectivity index (χ1v) is 10.2. The van der Waals surface area contributed by atoms with Gasteiger partial charge in [0.2, 0.25) is 0 Å². The Morgan fingerprint density at radius 2 is 1.06 bits per heavy atom. The van der Waals surface area contributed by atoms with Crippen LogP contribution in [0.25, 0.3) is 55.6 Å². The van der Waals surface area contributed by atoms with Crippen LogP contribution in [0.4, 0.5) is 0 Å². The minimum Gasteiger partial charge on any atom is -0.456 e. The lowest BCUT2D eigenvalue weighted by Crippen LogP contribution is -1.89. The van der Waals surface area contributed by atoms with E-state index in [-0.39, 0.29) is 0 Å². The molecular formula is C28H18N2O. The molecule has 3 nitrogen and oxygen atoms in total. The summed E-state index contributed by atoms with van der Waals surface area (Å²) in [5, 5.41) is 2.21. The fraction of sp³-hybridized carbons (Fsp3) is 0. The summed E-state index contributed by atoms with van der Waals surface area (Å²) < 4.78 is 5.95. The topological polar surface area (TPSA) is 38.9 Å². The molecule has 0 aliphatic carbocycles. The molecule has 0 bridgehead atoms. The number of benzene rings is 4. The van der Waals surface area contributed by atoms with Crippen LogP contribution in [0.3, 0.4) is 0 Å². The van der Waals surface area contributed by atoms with E-state index in [1.807, 2.05) is 36.4 Å². The molecule has 4 aromatic carbocycles. The predicted octanol–water partition coefficient (Wildman–Crippen LogP) is 7.38. The van der Waals surface area contributed by atoms with Gasteiger partial charge in [0, 0.05) is 21.9 Å². The normalized spacial score (nSPS) is 11.2. The van der Waals surface area contributed by atoms with Crippen LogP contribution in [0.2, 0.25) is 0 Å². The van der Waals surface area contributed by atoms with Crippen molar-refractivity contribution in [3.8, 4) is 33.6 Å². The SMILES string of the molecule is c1ccc(-c2ccc(-c3cc(-c4ccc5oc6ccccc6c5c4)ncn3)cc2)cc1. The highest BCUT2D eigenvalue weighted by molar-refractivity contribution is 6.06. The van der Waals surface area contributed by atoms with E-state index in [1.54, 1.807) is 6.33 Å². The minimum absolute atomic E-state index is 0.885. The lowest BCUT2D eigenvalue weighted by Gasteiger charge is -2.06. The van der Waals surface area contributed by atoms with Crippen LogP contribution in [-0.2, 0) is 0 Å². The molecule has 31 heavy (non-hydrogen) atoms. The minimum atomic E-state index is 0.885. The second kappa shape index (κ2) is 7.22. The molecule has 0 radical (unpaired) electrons. The molecule has 0 N–H and O–H groups in total. The first-order chi connectivity index (χ1) is 15.3. The molecule has 0 unspecified atom stereocenters. The number of hydrogen-bond acceptors (Lipinski definition) is 3. The third kappa shape index (κ3) is 3.17. The highest BCUT2D eigenvalue weighted by Gasteiger charge is 2.10. The van der Waals surface area contributed by atoms with Crippen LogP contribution < -0.4 is 0 Å². The maximum Gasteiger partial charge on any atom is 0.135 e. The van der Waals surface area contributed by atoms with Gasteiger partial charge in [-0.25, -0.2) is 9.97 Å². The van der Waals surface area contributed by atoms with Gasteiger partial charge in [0.25, 0.3) is 0 Å². The summed E-state index contributed by atoms with van der Waals surface area (Å²) in [4.78, 5) is 9.04. The van der Waals surface area contributed by atoms with Crippen LogP contribution in [0.5, 0.6) is 0 Å². The van der Waals surface area contributed by atoms with Crippen molar-refractivity contribution in [2.75, 3.05) is 0 Å². The fourth-order valence-electron chi connectivity index (χ4n) is 4.02. The number of nitrogens with zero attached hydrogens (tertiary/aromatic N) is 2. The zero-order chi connectivity index (χ0) is 20.6. The van der Waals surface area contributed by atoms with Crippen molar-refractivity contribution in [3.05, 3.63) is 109 Å². The van der Waals surface area contributed by atoms with Gasteiger partial charge in [-0.15, -0.1) is 0 Å². The Morgan fingerprint density at radius 3 is 1.90 bits per heavy atom. The van der Waals surface area contributed by atoms with Gasteiger partial charge in [-0.2, -0.15) is 0 Å². The van der Waals surface area contributed by atoms with Crippen LogP contribution in [0, 0.1) is 0 Å². The van der Waals surface area contributed by atoms with Crippen LogP contribution in [0.1, 0.15) is 0 Å². The van der Waals surface area contributed by atoms with E-state index in [4.69, 9.17) is 4.42 Å². The standard InChI is InChI=1S/C28H18N2O/c1-2-6-19(7-3-1)20-10-12-21(13-11-20)25-17-26(30-18-29-25)22-14-15-28-24(16-22)23-8-4-5-9-27(23)31-28/h1-18H. The molecule has 0 spiro atoms. The second-order valence-electron chi connectivity index (χ2n) is 7.54. The number of hydrogen-bond donors (Lipinski definition) is 0.